The predicted molar refractivity (Wildman–Crippen MR) is 67.3 cm³/mol. The van der Waals surface area contributed by atoms with Crippen LogP contribution in [0.4, 0.5) is 0 Å². The zero-order valence-electron chi connectivity index (χ0n) is 10.6. The minimum atomic E-state index is 0.210. The van der Waals surface area contributed by atoms with Crippen LogP contribution in [0.25, 0.3) is 0 Å². The summed E-state index contributed by atoms with van der Waals surface area (Å²) in [6.07, 6.45) is 7.84. The van der Waals surface area contributed by atoms with Crippen LogP contribution in [0.2, 0.25) is 0 Å². The Morgan fingerprint density at radius 2 is 2.28 bits per heavy atom. The van der Waals surface area contributed by atoms with E-state index in [1.807, 2.05) is 18.6 Å². The average Bonchev–Trinajstić information content (AvgIpc) is 3.02. The number of imidazole rings is 1. The third kappa shape index (κ3) is 2.06. The molecule has 0 aliphatic carbocycles. The fourth-order valence-corrected chi connectivity index (χ4v) is 2.68. The van der Waals surface area contributed by atoms with Crippen molar-refractivity contribution in [1.82, 2.24) is 20.0 Å². The molecule has 18 heavy (non-hydrogen) atoms. The molecule has 5 nitrogen and oxygen atoms in total. The van der Waals surface area contributed by atoms with Crippen molar-refractivity contribution >= 4 is 0 Å². The molecule has 0 atom stereocenters. The molecule has 0 unspecified atom stereocenters. The monoisotopic (exact) mass is 246 g/mol. The van der Waals surface area contributed by atoms with Gasteiger partial charge in [-0.1, -0.05) is 12.1 Å². The summed E-state index contributed by atoms with van der Waals surface area (Å²) in [6, 6.07) is 1.90. The van der Waals surface area contributed by atoms with Crippen LogP contribution < -0.4 is 5.32 Å². The van der Waals surface area contributed by atoms with E-state index in [0.29, 0.717) is 6.54 Å². The van der Waals surface area contributed by atoms with Crippen molar-refractivity contribution in [1.29, 1.82) is 0 Å². The molecule has 1 fully saturated rings. The third-order valence-corrected chi connectivity index (χ3v) is 3.86. The minimum absolute atomic E-state index is 0.210. The molecule has 0 saturated carbocycles. The van der Waals surface area contributed by atoms with Gasteiger partial charge in [-0.25, -0.2) is 4.98 Å². The smallest absolute Gasteiger partial charge is 0.156 e. The summed E-state index contributed by atoms with van der Waals surface area (Å²) in [6.45, 7) is 5.17. The molecular weight excluding hydrogens is 228 g/mol. The van der Waals surface area contributed by atoms with Crippen molar-refractivity contribution in [3.8, 4) is 0 Å². The molecule has 1 saturated heterocycles. The topological polar surface area (TPSA) is 55.9 Å². The summed E-state index contributed by atoms with van der Waals surface area (Å²) in [7, 11) is 0. The number of nitrogens with one attached hydrogen (secondary N) is 1. The molecule has 0 amide bonds. The van der Waals surface area contributed by atoms with E-state index in [4.69, 9.17) is 4.52 Å². The van der Waals surface area contributed by atoms with E-state index in [1.165, 1.54) is 5.69 Å². The lowest BCUT2D eigenvalue weighted by molar-refractivity contribution is 0.313. The van der Waals surface area contributed by atoms with Gasteiger partial charge in [0.1, 0.15) is 0 Å². The van der Waals surface area contributed by atoms with Gasteiger partial charge in [0.05, 0.1) is 19.1 Å². The van der Waals surface area contributed by atoms with Gasteiger partial charge in [-0.05, 0) is 25.9 Å². The van der Waals surface area contributed by atoms with E-state index in [2.05, 4.69) is 26.9 Å². The molecule has 1 aliphatic rings. The molecule has 2 aromatic rings. The first-order valence-corrected chi connectivity index (χ1v) is 6.39. The zero-order chi connectivity index (χ0) is 12.4. The van der Waals surface area contributed by atoms with Crippen molar-refractivity contribution in [3.05, 3.63) is 36.2 Å². The maximum Gasteiger partial charge on any atom is 0.156 e. The standard InChI is InChI=1S/C13H18N4O/c1-13(3-6-14-7-4-13)12-8-15-10-17(12)9-11-2-5-16-18-11/h2,5,8,10,14H,3-4,6-7,9H2,1H3. The molecule has 0 spiro atoms. The van der Waals surface area contributed by atoms with E-state index >= 15 is 0 Å². The van der Waals surface area contributed by atoms with E-state index in [-0.39, 0.29) is 5.41 Å². The van der Waals surface area contributed by atoms with Crippen LogP contribution in [0.15, 0.2) is 29.3 Å². The second-order valence-electron chi connectivity index (χ2n) is 5.20. The summed E-state index contributed by atoms with van der Waals surface area (Å²) in [5.74, 6) is 0.867. The molecule has 0 radical (unpaired) electrons. The van der Waals surface area contributed by atoms with Crippen molar-refractivity contribution in [2.45, 2.75) is 31.7 Å². The summed E-state index contributed by atoms with van der Waals surface area (Å²) in [5, 5.41) is 7.15. The number of nitrogens with zero attached hydrogens (tertiary/aromatic N) is 3. The third-order valence-electron chi connectivity index (χ3n) is 3.86. The first-order valence-electron chi connectivity index (χ1n) is 6.39. The van der Waals surface area contributed by atoms with E-state index in [0.717, 1.165) is 31.7 Å². The maximum absolute atomic E-state index is 5.17. The molecule has 2 aromatic heterocycles. The number of aromatic nitrogens is 3. The average molecular weight is 246 g/mol. The maximum atomic E-state index is 5.17. The van der Waals surface area contributed by atoms with E-state index in [9.17, 15) is 0 Å². The van der Waals surface area contributed by atoms with Crippen molar-refractivity contribution in [2.24, 2.45) is 0 Å². The Morgan fingerprint density at radius 1 is 1.44 bits per heavy atom. The first-order chi connectivity index (χ1) is 8.78. The lowest BCUT2D eigenvalue weighted by atomic mass is 9.78. The second-order valence-corrected chi connectivity index (χ2v) is 5.20. The number of rotatable bonds is 3. The van der Waals surface area contributed by atoms with Gasteiger partial charge in [-0.3, -0.25) is 0 Å². The van der Waals surface area contributed by atoms with Crippen LogP contribution in [-0.4, -0.2) is 27.8 Å². The molecule has 3 rings (SSSR count). The van der Waals surface area contributed by atoms with Crippen molar-refractivity contribution < 1.29 is 4.52 Å². The van der Waals surface area contributed by atoms with Crippen LogP contribution in [0.1, 0.15) is 31.2 Å². The van der Waals surface area contributed by atoms with Crippen LogP contribution in [0, 0.1) is 0 Å². The molecule has 96 valence electrons. The molecule has 1 N–H and O–H groups in total. The van der Waals surface area contributed by atoms with Crippen LogP contribution >= 0.6 is 0 Å². The largest absolute Gasteiger partial charge is 0.359 e. The van der Waals surface area contributed by atoms with Crippen molar-refractivity contribution in [2.75, 3.05) is 13.1 Å². The number of piperidine rings is 1. The minimum Gasteiger partial charge on any atom is -0.359 e. The fourth-order valence-electron chi connectivity index (χ4n) is 2.68. The highest BCUT2D eigenvalue weighted by Crippen LogP contribution is 2.32. The highest BCUT2D eigenvalue weighted by atomic mass is 16.5. The van der Waals surface area contributed by atoms with Crippen LogP contribution in [0.5, 0.6) is 0 Å². The Kier molecular flexibility index (Phi) is 2.91. The summed E-state index contributed by atoms with van der Waals surface area (Å²) < 4.78 is 7.34. The van der Waals surface area contributed by atoms with Crippen LogP contribution in [-0.2, 0) is 12.0 Å². The van der Waals surface area contributed by atoms with Gasteiger partial charge < -0.3 is 14.4 Å². The normalized spacial score (nSPS) is 18.9. The number of hydrogen-bond acceptors (Lipinski definition) is 4. The summed E-state index contributed by atoms with van der Waals surface area (Å²) in [5.41, 5.74) is 1.50. The predicted octanol–water partition coefficient (Wildman–Crippen LogP) is 1.56. The first kappa shape index (κ1) is 11.5. The highest BCUT2D eigenvalue weighted by Gasteiger charge is 2.31. The Hall–Kier alpha value is -1.62. The van der Waals surface area contributed by atoms with Gasteiger partial charge in [0.15, 0.2) is 5.76 Å². The van der Waals surface area contributed by atoms with Crippen LogP contribution in [0.3, 0.4) is 0 Å². The summed E-state index contributed by atoms with van der Waals surface area (Å²) >= 11 is 0. The zero-order valence-corrected chi connectivity index (χ0v) is 10.6. The molecule has 1 aliphatic heterocycles. The molecule has 3 heterocycles. The van der Waals surface area contributed by atoms with E-state index in [1.54, 1.807) is 6.20 Å². The molecular formula is C13H18N4O. The summed E-state index contributed by atoms with van der Waals surface area (Å²) in [4.78, 5) is 4.30. The number of hydrogen-bond donors (Lipinski definition) is 1. The lowest BCUT2D eigenvalue weighted by Gasteiger charge is -2.34. The fraction of sp³-hybridized carbons (Fsp3) is 0.538. The molecule has 5 heteroatoms. The Morgan fingerprint density at radius 3 is 3.00 bits per heavy atom. The Bertz CT molecular complexity index is 497. The molecule has 0 bridgehead atoms. The highest BCUT2D eigenvalue weighted by molar-refractivity contribution is 5.16. The van der Waals surface area contributed by atoms with Gasteiger partial charge in [-0.2, -0.15) is 0 Å². The quantitative estimate of drug-likeness (QED) is 0.893. The van der Waals surface area contributed by atoms with Gasteiger partial charge in [0, 0.05) is 23.4 Å². The van der Waals surface area contributed by atoms with Crippen molar-refractivity contribution in [3.63, 3.8) is 0 Å². The van der Waals surface area contributed by atoms with Gasteiger partial charge >= 0.3 is 0 Å². The lowest BCUT2D eigenvalue weighted by Crippen LogP contribution is -2.39. The van der Waals surface area contributed by atoms with Gasteiger partial charge in [-0.15, -0.1) is 0 Å². The Labute approximate surface area is 106 Å². The second kappa shape index (κ2) is 4.57. The SMILES string of the molecule is CC1(c2cncn2Cc2ccno2)CCNCC1. The Balaban J connectivity index is 1.86. The molecule has 0 aromatic carbocycles. The van der Waals surface area contributed by atoms with Gasteiger partial charge in [0.25, 0.3) is 0 Å². The van der Waals surface area contributed by atoms with E-state index < -0.39 is 0 Å². The van der Waals surface area contributed by atoms with Gasteiger partial charge in [0.2, 0.25) is 0 Å².